The highest BCUT2D eigenvalue weighted by atomic mass is 16.6. The zero-order chi connectivity index (χ0) is 17.9. The zero-order valence-electron chi connectivity index (χ0n) is 16.1. The van der Waals surface area contributed by atoms with Crippen molar-refractivity contribution >= 4 is 0 Å². The first-order valence-corrected chi connectivity index (χ1v) is 9.76. The van der Waals surface area contributed by atoms with Gasteiger partial charge in [-0.1, -0.05) is 31.1 Å². The molecule has 0 spiro atoms. The lowest BCUT2D eigenvalue weighted by molar-refractivity contribution is 0.252. The molecule has 0 aromatic heterocycles. The van der Waals surface area contributed by atoms with Crippen LogP contribution >= 0.6 is 0 Å². The van der Waals surface area contributed by atoms with Crippen molar-refractivity contribution in [1.82, 2.24) is 0 Å². The fraction of sp³-hybridized carbons (Fsp3) is 0.636. The molecule has 3 rings (SSSR count). The van der Waals surface area contributed by atoms with Gasteiger partial charge in [-0.3, -0.25) is 0 Å². The van der Waals surface area contributed by atoms with Crippen LogP contribution in [0.4, 0.5) is 0 Å². The number of hydrogen-bond donors (Lipinski definition) is 0. The lowest BCUT2D eigenvalue weighted by atomic mass is 9.97. The Morgan fingerprint density at radius 2 is 2.24 bits per heavy atom. The second kappa shape index (κ2) is 7.82. The van der Waals surface area contributed by atoms with Gasteiger partial charge in [-0.2, -0.15) is 0 Å². The summed E-state index contributed by atoms with van der Waals surface area (Å²) >= 11 is 0. The molecule has 0 aliphatic carbocycles. The standard InChI is InChI=1S/C22H32O3/c1-5-12-22(4)21(25-22)11-8-16(2)7-6-13-23-19-10-9-18-14-17(3)24-20(18)15-19/h7,9-10,15,17,21H,5-6,8,11-14H2,1-4H3. The van der Waals surface area contributed by atoms with Gasteiger partial charge in [-0.15, -0.1) is 0 Å². The number of hydrogen-bond acceptors (Lipinski definition) is 3. The molecule has 2 heterocycles. The highest BCUT2D eigenvalue weighted by Gasteiger charge is 2.50. The summed E-state index contributed by atoms with van der Waals surface area (Å²) in [6.45, 7) is 9.49. The van der Waals surface area contributed by atoms with Crippen molar-refractivity contribution in [1.29, 1.82) is 0 Å². The van der Waals surface area contributed by atoms with E-state index in [1.807, 2.05) is 6.07 Å². The van der Waals surface area contributed by atoms with Gasteiger partial charge in [0.1, 0.15) is 17.6 Å². The molecule has 3 unspecified atom stereocenters. The molecule has 0 saturated carbocycles. The van der Waals surface area contributed by atoms with Crippen LogP contribution in [0, 0.1) is 0 Å². The summed E-state index contributed by atoms with van der Waals surface area (Å²) in [5.41, 5.74) is 2.88. The minimum absolute atomic E-state index is 0.158. The molecular formula is C22H32O3. The van der Waals surface area contributed by atoms with E-state index in [0.717, 1.165) is 37.2 Å². The number of rotatable bonds is 9. The number of ether oxygens (including phenoxy) is 3. The third kappa shape index (κ3) is 4.78. The van der Waals surface area contributed by atoms with Crippen molar-refractivity contribution < 1.29 is 14.2 Å². The van der Waals surface area contributed by atoms with Crippen LogP contribution in [0.5, 0.6) is 11.5 Å². The molecule has 3 nitrogen and oxygen atoms in total. The molecule has 25 heavy (non-hydrogen) atoms. The highest BCUT2D eigenvalue weighted by molar-refractivity contribution is 5.43. The summed E-state index contributed by atoms with van der Waals surface area (Å²) in [4.78, 5) is 0. The Hall–Kier alpha value is -1.48. The average molecular weight is 344 g/mol. The predicted octanol–water partition coefficient (Wildman–Crippen LogP) is 5.46. The van der Waals surface area contributed by atoms with E-state index in [4.69, 9.17) is 14.2 Å². The number of fused-ring (bicyclic) bond motifs is 1. The van der Waals surface area contributed by atoms with Gasteiger partial charge < -0.3 is 14.2 Å². The monoisotopic (exact) mass is 344 g/mol. The fourth-order valence-electron chi connectivity index (χ4n) is 3.79. The molecule has 138 valence electrons. The molecule has 0 bridgehead atoms. The van der Waals surface area contributed by atoms with Crippen LogP contribution in [0.2, 0.25) is 0 Å². The molecule has 2 aliphatic heterocycles. The number of epoxide rings is 1. The molecule has 0 radical (unpaired) electrons. The SMILES string of the molecule is CCCC1(C)OC1CCC(C)=CCCOc1ccc2c(c1)OC(C)C2. The smallest absolute Gasteiger partial charge is 0.126 e. The van der Waals surface area contributed by atoms with Gasteiger partial charge in [-0.05, 0) is 58.1 Å². The number of benzene rings is 1. The molecule has 2 aliphatic rings. The lowest BCUT2D eigenvalue weighted by Gasteiger charge is -2.08. The second-order valence-corrected chi connectivity index (χ2v) is 7.80. The molecule has 0 N–H and O–H groups in total. The fourth-order valence-corrected chi connectivity index (χ4v) is 3.79. The van der Waals surface area contributed by atoms with E-state index in [9.17, 15) is 0 Å². The summed E-state index contributed by atoms with van der Waals surface area (Å²) in [5, 5.41) is 0. The van der Waals surface area contributed by atoms with Crippen molar-refractivity contribution in [2.24, 2.45) is 0 Å². The Morgan fingerprint density at radius 1 is 1.40 bits per heavy atom. The maximum absolute atomic E-state index is 5.87. The minimum atomic E-state index is 0.158. The second-order valence-electron chi connectivity index (χ2n) is 7.80. The molecule has 1 fully saturated rings. The first-order chi connectivity index (χ1) is 12.0. The maximum atomic E-state index is 5.87. The van der Waals surface area contributed by atoms with Crippen molar-refractivity contribution in [2.45, 2.75) is 84.0 Å². The molecule has 1 saturated heterocycles. The van der Waals surface area contributed by atoms with Gasteiger partial charge in [-0.25, -0.2) is 0 Å². The Kier molecular flexibility index (Phi) is 5.73. The van der Waals surface area contributed by atoms with Crippen molar-refractivity contribution in [2.75, 3.05) is 6.61 Å². The quantitative estimate of drug-likeness (QED) is 0.338. The van der Waals surface area contributed by atoms with Crippen molar-refractivity contribution in [3.05, 3.63) is 35.4 Å². The van der Waals surface area contributed by atoms with Gasteiger partial charge in [0, 0.05) is 12.5 Å². The van der Waals surface area contributed by atoms with Gasteiger partial charge >= 0.3 is 0 Å². The maximum Gasteiger partial charge on any atom is 0.126 e. The van der Waals surface area contributed by atoms with Crippen molar-refractivity contribution in [3.63, 3.8) is 0 Å². The van der Waals surface area contributed by atoms with Gasteiger partial charge in [0.2, 0.25) is 0 Å². The van der Waals surface area contributed by atoms with Crippen LogP contribution in [-0.2, 0) is 11.2 Å². The molecule has 1 aromatic rings. The summed E-state index contributed by atoms with van der Waals surface area (Å²) in [7, 11) is 0. The molecule has 1 aromatic carbocycles. The highest BCUT2D eigenvalue weighted by Crippen LogP contribution is 2.43. The van der Waals surface area contributed by atoms with Crippen LogP contribution in [0.1, 0.15) is 65.4 Å². The first kappa shape index (κ1) is 18.3. The normalized spacial score (nSPS) is 27.8. The molecule has 0 amide bonds. The summed E-state index contributed by atoms with van der Waals surface area (Å²) in [6.07, 6.45) is 9.62. The third-order valence-corrected chi connectivity index (χ3v) is 5.34. The Labute approximate surface area is 152 Å². The van der Waals surface area contributed by atoms with Crippen LogP contribution in [-0.4, -0.2) is 24.4 Å². The summed E-state index contributed by atoms with van der Waals surface area (Å²) in [6, 6.07) is 6.20. The van der Waals surface area contributed by atoms with E-state index in [-0.39, 0.29) is 11.7 Å². The summed E-state index contributed by atoms with van der Waals surface area (Å²) in [5.74, 6) is 1.89. The van der Waals surface area contributed by atoms with E-state index in [1.54, 1.807) is 0 Å². The van der Waals surface area contributed by atoms with E-state index >= 15 is 0 Å². The first-order valence-electron chi connectivity index (χ1n) is 9.76. The van der Waals surface area contributed by atoms with Gasteiger partial charge in [0.25, 0.3) is 0 Å². The molecular weight excluding hydrogens is 312 g/mol. The Bertz CT molecular complexity index is 622. The molecule has 3 heteroatoms. The van der Waals surface area contributed by atoms with Crippen LogP contribution < -0.4 is 9.47 Å². The third-order valence-electron chi connectivity index (χ3n) is 5.34. The van der Waals surface area contributed by atoms with Crippen LogP contribution in [0.25, 0.3) is 0 Å². The summed E-state index contributed by atoms with van der Waals surface area (Å²) < 4.78 is 17.5. The van der Waals surface area contributed by atoms with E-state index in [1.165, 1.54) is 24.0 Å². The largest absolute Gasteiger partial charge is 0.493 e. The van der Waals surface area contributed by atoms with E-state index < -0.39 is 0 Å². The minimum Gasteiger partial charge on any atom is -0.493 e. The van der Waals surface area contributed by atoms with Crippen molar-refractivity contribution in [3.8, 4) is 11.5 Å². The molecule has 3 atom stereocenters. The predicted molar refractivity (Wildman–Crippen MR) is 102 cm³/mol. The average Bonchev–Trinajstić information content (AvgIpc) is 3.05. The number of allylic oxidation sites excluding steroid dienone is 1. The van der Waals surface area contributed by atoms with E-state index in [0.29, 0.717) is 12.7 Å². The van der Waals surface area contributed by atoms with E-state index in [2.05, 4.69) is 45.9 Å². The Morgan fingerprint density at radius 3 is 3.04 bits per heavy atom. The Balaban J connectivity index is 1.35. The zero-order valence-corrected chi connectivity index (χ0v) is 16.1. The van der Waals surface area contributed by atoms with Crippen LogP contribution in [0.15, 0.2) is 29.8 Å². The van der Waals surface area contributed by atoms with Crippen LogP contribution in [0.3, 0.4) is 0 Å². The topological polar surface area (TPSA) is 31.0 Å². The van der Waals surface area contributed by atoms with Gasteiger partial charge in [0.05, 0.1) is 18.3 Å². The lowest BCUT2D eigenvalue weighted by Crippen LogP contribution is -2.09. The van der Waals surface area contributed by atoms with Gasteiger partial charge in [0.15, 0.2) is 0 Å².